The highest BCUT2D eigenvalue weighted by Gasteiger charge is 2.35. The first-order valence-corrected chi connectivity index (χ1v) is 7.57. The third kappa shape index (κ3) is 6.76. The lowest BCUT2D eigenvalue weighted by Gasteiger charge is -2.12. The van der Waals surface area contributed by atoms with Crippen LogP contribution < -0.4 is 0 Å². The summed E-state index contributed by atoms with van der Waals surface area (Å²) < 4.78 is 11.3. The second kappa shape index (κ2) is 11.3. The van der Waals surface area contributed by atoms with Gasteiger partial charge in [-0.15, -0.1) is 0 Å². The van der Waals surface area contributed by atoms with Gasteiger partial charge in [-0.3, -0.25) is 4.79 Å². The maximum absolute atomic E-state index is 11.4. The van der Waals surface area contributed by atoms with Gasteiger partial charge in [0.05, 0.1) is 18.9 Å². The second-order valence-electron chi connectivity index (χ2n) is 5.22. The number of aryl methyl sites for hydroxylation is 1. The molecule has 0 aliphatic carbocycles. The molecular weight excluding hydrogens is 268 g/mol. The van der Waals surface area contributed by atoms with Crippen LogP contribution in [-0.4, -0.2) is 36.3 Å². The highest BCUT2D eigenvalue weighted by atomic mass is 16.5. The third-order valence-corrected chi connectivity index (χ3v) is 3.14. The summed E-state index contributed by atoms with van der Waals surface area (Å²) in [7, 11) is 5.22. The van der Waals surface area contributed by atoms with E-state index in [1.54, 1.807) is 20.5 Å². The molecule has 2 heterocycles. The minimum absolute atomic E-state index is 0.0373. The maximum atomic E-state index is 11.4. The second-order valence-corrected chi connectivity index (χ2v) is 5.22. The van der Waals surface area contributed by atoms with Gasteiger partial charge in [0.1, 0.15) is 0 Å². The lowest BCUT2D eigenvalue weighted by atomic mass is 9.89. The number of carbonyl (C=O) groups excluding carboxylic acids is 1. The molecule has 0 saturated carbocycles. The summed E-state index contributed by atoms with van der Waals surface area (Å²) in [5.74, 6) is 0.350. The van der Waals surface area contributed by atoms with Crippen molar-refractivity contribution < 1.29 is 14.3 Å². The summed E-state index contributed by atoms with van der Waals surface area (Å²) >= 11 is 0. The predicted molar refractivity (Wildman–Crippen MR) is 84.0 cm³/mol. The minimum Gasteiger partial charge on any atom is -0.465 e. The Morgan fingerprint density at radius 3 is 2.38 bits per heavy atom. The summed E-state index contributed by atoms with van der Waals surface area (Å²) in [6, 6.07) is 0. The molecule has 1 saturated heterocycles. The van der Waals surface area contributed by atoms with Crippen molar-refractivity contribution in [3.8, 4) is 0 Å². The third-order valence-electron chi connectivity index (χ3n) is 3.14. The fraction of sp³-hybridized carbons (Fsp3) is 0.750. The minimum atomic E-state index is -0.0373. The topological polar surface area (TPSA) is 53.3 Å². The Balaban J connectivity index is 0.000000578. The van der Waals surface area contributed by atoms with Crippen LogP contribution in [0, 0.1) is 11.8 Å². The Morgan fingerprint density at radius 1 is 1.38 bits per heavy atom. The van der Waals surface area contributed by atoms with Gasteiger partial charge in [-0.2, -0.15) is 0 Å². The smallest absolute Gasteiger partial charge is 0.309 e. The van der Waals surface area contributed by atoms with Crippen molar-refractivity contribution in [3.63, 3.8) is 0 Å². The van der Waals surface area contributed by atoms with Crippen molar-refractivity contribution in [3.05, 3.63) is 18.2 Å². The van der Waals surface area contributed by atoms with Crippen molar-refractivity contribution in [2.45, 2.75) is 40.0 Å². The van der Waals surface area contributed by atoms with Crippen LogP contribution in [0.3, 0.4) is 0 Å². The number of hydrogen-bond donors (Lipinski definition) is 0. The molecule has 2 atom stereocenters. The van der Waals surface area contributed by atoms with E-state index in [1.807, 2.05) is 24.7 Å². The van der Waals surface area contributed by atoms with Crippen LogP contribution in [0.15, 0.2) is 12.5 Å². The van der Waals surface area contributed by atoms with Crippen LogP contribution in [0.1, 0.15) is 39.3 Å². The van der Waals surface area contributed by atoms with Gasteiger partial charge in [0, 0.05) is 39.1 Å². The number of rotatable bonds is 3. The number of carbonyl (C=O) groups is 1. The molecule has 1 aliphatic rings. The van der Waals surface area contributed by atoms with Gasteiger partial charge in [-0.1, -0.05) is 27.2 Å². The van der Waals surface area contributed by atoms with Crippen LogP contribution in [0.4, 0.5) is 0 Å². The number of cyclic esters (lactones) is 1. The molecule has 0 spiro atoms. The number of hydrogen-bond acceptors (Lipinski definition) is 4. The first kappa shape index (κ1) is 19.6. The molecule has 0 bridgehead atoms. The predicted octanol–water partition coefficient (Wildman–Crippen LogP) is 2.84. The molecule has 1 aromatic heterocycles. The van der Waals surface area contributed by atoms with Crippen molar-refractivity contribution in [1.29, 1.82) is 0 Å². The van der Waals surface area contributed by atoms with E-state index in [0.29, 0.717) is 12.5 Å². The molecule has 0 aromatic carbocycles. The quantitative estimate of drug-likeness (QED) is 0.805. The van der Waals surface area contributed by atoms with Crippen LogP contribution in [0.2, 0.25) is 0 Å². The molecule has 1 aromatic rings. The van der Waals surface area contributed by atoms with Gasteiger partial charge in [0.25, 0.3) is 0 Å². The van der Waals surface area contributed by atoms with Crippen molar-refractivity contribution >= 4 is 5.97 Å². The molecule has 1 aliphatic heterocycles. The van der Waals surface area contributed by atoms with Gasteiger partial charge < -0.3 is 14.0 Å². The first-order chi connectivity index (χ1) is 10.0. The summed E-state index contributed by atoms with van der Waals surface area (Å²) in [5, 5.41) is 0. The number of methoxy groups -OCH3 is 1. The Labute approximate surface area is 128 Å². The van der Waals surface area contributed by atoms with Gasteiger partial charge in [-0.05, 0) is 12.8 Å². The molecule has 5 heteroatoms. The normalized spacial score (nSPS) is 20.0. The molecule has 0 unspecified atom stereocenters. The fourth-order valence-electron chi connectivity index (χ4n) is 2.16. The molecule has 122 valence electrons. The van der Waals surface area contributed by atoms with E-state index in [0.717, 1.165) is 18.5 Å². The Hall–Kier alpha value is -1.36. The van der Waals surface area contributed by atoms with E-state index >= 15 is 0 Å². The molecule has 0 radical (unpaired) electrons. The van der Waals surface area contributed by atoms with Gasteiger partial charge >= 0.3 is 5.97 Å². The van der Waals surface area contributed by atoms with E-state index in [2.05, 4.69) is 23.6 Å². The summed E-state index contributed by atoms with van der Waals surface area (Å²) in [5.41, 5.74) is 1.16. The Bertz CT molecular complexity index is 389. The van der Waals surface area contributed by atoms with Crippen LogP contribution in [-0.2, 0) is 27.7 Å². The van der Waals surface area contributed by atoms with Gasteiger partial charge in [-0.25, -0.2) is 4.98 Å². The zero-order chi connectivity index (χ0) is 16.3. The zero-order valence-corrected chi connectivity index (χ0v) is 14.3. The lowest BCUT2D eigenvalue weighted by molar-refractivity contribution is -0.141. The number of esters is 1. The Morgan fingerprint density at radius 2 is 1.95 bits per heavy atom. The maximum Gasteiger partial charge on any atom is 0.309 e. The van der Waals surface area contributed by atoms with E-state index in [-0.39, 0.29) is 11.9 Å². The summed E-state index contributed by atoms with van der Waals surface area (Å²) in [4.78, 5) is 15.5. The molecular formula is C16H30N2O3. The van der Waals surface area contributed by atoms with E-state index < -0.39 is 0 Å². The van der Waals surface area contributed by atoms with E-state index in [4.69, 9.17) is 4.74 Å². The highest BCUT2D eigenvalue weighted by Crippen LogP contribution is 2.27. The zero-order valence-electron chi connectivity index (χ0n) is 14.3. The average Bonchev–Trinajstić information content (AvgIpc) is 2.99. The lowest BCUT2D eigenvalue weighted by Crippen LogP contribution is -2.18. The van der Waals surface area contributed by atoms with Crippen LogP contribution >= 0.6 is 0 Å². The average molecular weight is 298 g/mol. The van der Waals surface area contributed by atoms with Crippen molar-refractivity contribution in [1.82, 2.24) is 9.55 Å². The standard InChI is InChI=1S/C11H16N2O2.C3H8.C2H6O/c1-3-10-8(6-15-11(10)14)4-9-5-12-7-13(9)2;2*1-3-2/h5,7-8,10H,3-4,6H2,1-2H3;3H2,1-2H3;1-2H3/t8-,10-;;/m0../s1. The van der Waals surface area contributed by atoms with Crippen molar-refractivity contribution in [2.75, 3.05) is 20.8 Å². The number of aromatic nitrogens is 2. The summed E-state index contributed by atoms with van der Waals surface area (Å²) in [6.45, 7) is 6.84. The fourth-order valence-corrected chi connectivity index (χ4v) is 2.16. The van der Waals surface area contributed by atoms with Crippen LogP contribution in [0.25, 0.3) is 0 Å². The molecule has 5 nitrogen and oxygen atoms in total. The molecule has 0 N–H and O–H groups in total. The molecule has 0 amide bonds. The number of imidazole rings is 1. The largest absolute Gasteiger partial charge is 0.465 e. The molecule has 1 fully saturated rings. The Kier molecular flexibility index (Phi) is 10.6. The van der Waals surface area contributed by atoms with Crippen LogP contribution in [0.5, 0.6) is 0 Å². The SMILES string of the molecule is CCC.CC[C@@H]1C(=O)OC[C@@H]1Cc1cncn1C.COC. The van der Waals surface area contributed by atoms with E-state index in [9.17, 15) is 4.79 Å². The summed E-state index contributed by atoms with van der Waals surface area (Å²) in [6.07, 6.45) is 6.63. The first-order valence-electron chi connectivity index (χ1n) is 7.57. The van der Waals surface area contributed by atoms with E-state index in [1.165, 1.54) is 6.42 Å². The molecule has 2 rings (SSSR count). The van der Waals surface area contributed by atoms with Crippen molar-refractivity contribution in [2.24, 2.45) is 18.9 Å². The number of nitrogens with zero attached hydrogens (tertiary/aromatic N) is 2. The molecule has 21 heavy (non-hydrogen) atoms. The number of ether oxygens (including phenoxy) is 2. The van der Waals surface area contributed by atoms with Gasteiger partial charge in [0.15, 0.2) is 0 Å². The van der Waals surface area contributed by atoms with Gasteiger partial charge in [0.2, 0.25) is 0 Å². The monoisotopic (exact) mass is 298 g/mol. The highest BCUT2D eigenvalue weighted by molar-refractivity contribution is 5.74.